The summed E-state index contributed by atoms with van der Waals surface area (Å²) in [5.41, 5.74) is 0. The third-order valence-corrected chi connectivity index (χ3v) is 10.6. The molecule has 0 radical (unpaired) electrons. The van der Waals surface area contributed by atoms with E-state index in [2.05, 4.69) is 0 Å². The molecule has 4 aliphatic carbocycles. The first kappa shape index (κ1) is 26.2. The molecule has 5 fully saturated rings. The highest BCUT2D eigenvalue weighted by atomic mass is 32.2. The van der Waals surface area contributed by atoms with Crippen LogP contribution in [0.2, 0.25) is 0 Å². The predicted molar refractivity (Wildman–Crippen MR) is 109 cm³/mol. The lowest BCUT2D eigenvalue weighted by molar-refractivity contribution is -0.196. The van der Waals surface area contributed by atoms with E-state index >= 15 is 0 Å². The summed E-state index contributed by atoms with van der Waals surface area (Å²) in [6, 6.07) is 0. The van der Waals surface area contributed by atoms with E-state index in [0.717, 1.165) is 12.8 Å². The number of piperidine rings is 1. The van der Waals surface area contributed by atoms with Gasteiger partial charge in [-0.3, -0.25) is 9.59 Å². The van der Waals surface area contributed by atoms with Crippen molar-refractivity contribution in [1.82, 2.24) is 5.06 Å². The maximum atomic E-state index is 14.9. The molecule has 12 atom stereocenters. The van der Waals surface area contributed by atoms with Crippen molar-refractivity contribution in [2.75, 3.05) is 0 Å². The monoisotopic (exact) mass is 549 g/mol. The highest BCUT2D eigenvalue weighted by Crippen LogP contribution is 2.53. The van der Waals surface area contributed by atoms with E-state index in [1.54, 1.807) is 0 Å². The Morgan fingerprint density at radius 2 is 1.06 bits per heavy atom. The van der Waals surface area contributed by atoms with Crippen LogP contribution < -0.4 is 0 Å². The molecule has 0 aromatic rings. The van der Waals surface area contributed by atoms with E-state index in [1.807, 2.05) is 0 Å². The number of hydrogen-bond acceptors (Lipinski definition) is 5. The summed E-state index contributed by atoms with van der Waals surface area (Å²) in [6.07, 6.45) is -19.1. The molecule has 0 aromatic carbocycles. The van der Waals surface area contributed by atoms with E-state index < -0.39 is 94.1 Å². The first-order valence-electron chi connectivity index (χ1n) is 12.2. The number of imide groups is 1. The Bertz CT molecular complexity index is 985. The van der Waals surface area contributed by atoms with Crippen molar-refractivity contribution in [1.29, 1.82) is 0 Å². The first-order chi connectivity index (χ1) is 16.9. The highest BCUT2D eigenvalue weighted by molar-refractivity contribution is 7.87. The Labute approximate surface area is 203 Å². The number of amides is 2. The van der Waals surface area contributed by atoms with Gasteiger partial charge in [0, 0.05) is 23.7 Å². The van der Waals surface area contributed by atoms with Crippen LogP contribution in [0.4, 0.5) is 30.7 Å². The molecule has 12 unspecified atom stereocenters. The number of hydroxylamine groups is 2. The lowest BCUT2D eigenvalue weighted by Gasteiger charge is -2.50. The van der Waals surface area contributed by atoms with Crippen LogP contribution >= 0.6 is 0 Å². The van der Waals surface area contributed by atoms with Crippen LogP contribution in [0.15, 0.2) is 0 Å². The molecule has 1 aliphatic heterocycles. The van der Waals surface area contributed by atoms with Crippen LogP contribution in [-0.2, 0) is 24.0 Å². The standard InChI is InChI=1S/C22H26F7NO5S/c23-13-11-12(15(25)17(27)16(13)26)20(19(29)18(28)14(11)24)36(33,34)35-30-21(31)8-5-1-3-7-4-2-6-9(10(7)8)22(30)32/h7-20H,1-6H2. The average Bonchev–Trinajstić information content (AvgIpc) is 2.85. The van der Waals surface area contributed by atoms with Crippen LogP contribution in [0.25, 0.3) is 0 Å². The molecule has 204 valence electrons. The second-order valence-electron chi connectivity index (χ2n) is 10.7. The number of carbonyl (C=O) groups is 2. The first-order valence-corrected chi connectivity index (χ1v) is 13.6. The fraction of sp³-hybridized carbons (Fsp3) is 0.909. The molecule has 1 saturated heterocycles. The summed E-state index contributed by atoms with van der Waals surface area (Å²) < 4.78 is 132. The highest BCUT2D eigenvalue weighted by Gasteiger charge is 2.68. The molecule has 5 rings (SSSR count). The van der Waals surface area contributed by atoms with Crippen LogP contribution in [0.3, 0.4) is 0 Å². The van der Waals surface area contributed by atoms with Gasteiger partial charge in [-0.05, 0) is 24.7 Å². The van der Waals surface area contributed by atoms with Crippen LogP contribution in [0.1, 0.15) is 38.5 Å². The Morgan fingerprint density at radius 1 is 0.611 bits per heavy atom. The van der Waals surface area contributed by atoms with Crippen LogP contribution in [0.5, 0.6) is 0 Å². The zero-order valence-corrected chi connectivity index (χ0v) is 19.7. The fourth-order valence-corrected chi connectivity index (χ4v) is 9.03. The number of nitrogens with zero attached hydrogens (tertiary/aromatic N) is 1. The molecule has 0 bridgehead atoms. The van der Waals surface area contributed by atoms with Crippen molar-refractivity contribution in [2.24, 2.45) is 35.5 Å². The normalized spacial score (nSPS) is 51.5. The Morgan fingerprint density at radius 3 is 1.56 bits per heavy atom. The molecule has 1 heterocycles. The largest absolute Gasteiger partial charge is 0.294 e. The van der Waals surface area contributed by atoms with Crippen molar-refractivity contribution in [3.8, 4) is 0 Å². The number of fused-ring (bicyclic) bond motifs is 1. The van der Waals surface area contributed by atoms with E-state index in [4.69, 9.17) is 4.28 Å². The SMILES string of the molecule is O=C1C2CCCC3CCCC(C(=O)N1OS(=O)(=O)C1C(F)C(F)C(F)C4C(F)C(F)C(F)C(F)C41)C32. The molecule has 0 aromatic heterocycles. The second-order valence-corrected chi connectivity index (χ2v) is 12.4. The minimum atomic E-state index is -5.68. The van der Waals surface area contributed by atoms with Crippen molar-refractivity contribution >= 4 is 21.9 Å². The Balaban J connectivity index is 1.48. The molecule has 2 amide bonds. The maximum absolute atomic E-state index is 14.9. The van der Waals surface area contributed by atoms with Crippen molar-refractivity contribution in [2.45, 2.75) is 87.0 Å². The smallest absolute Gasteiger partial charge is 0.272 e. The zero-order chi connectivity index (χ0) is 26.3. The molecule has 0 N–H and O–H groups in total. The van der Waals surface area contributed by atoms with Crippen LogP contribution in [-0.4, -0.2) is 73.7 Å². The van der Waals surface area contributed by atoms with Crippen molar-refractivity contribution < 1.29 is 53.0 Å². The summed E-state index contributed by atoms with van der Waals surface area (Å²) in [7, 11) is -5.68. The maximum Gasteiger partial charge on any atom is 0.294 e. The van der Waals surface area contributed by atoms with Gasteiger partial charge in [-0.1, -0.05) is 25.7 Å². The van der Waals surface area contributed by atoms with Gasteiger partial charge in [0.1, 0.15) is 23.8 Å². The Hall–Kier alpha value is -1.44. The molecule has 5 aliphatic rings. The van der Waals surface area contributed by atoms with Gasteiger partial charge in [0.05, 0.1) is 0 Å². The predicted octanol–water partition coefficient (Wildman–Crippen LogP) is 3.44. The molecular weight excluding hydrogens is 523 g/mol. The topological polar surface area (TPSA) is 80.8 Å². The van der Waals surface area contributed by atoms with Crippen LogP contribution in [0, 0.1) is 35.5 Å². The minimum Gasteiger partial charge on any atom is -0.272 e. The molecule has 6 nitrogen and oxygen atoms in total. The summed E-state index contributed by atoms with van der Waals surface area (Å²) >= 11 is 0. The fourth-order valence-electron chi connectivity index (χ4n) is 7.39. The third-order valence-electron chi connectivity index (χ3n) is 8.96. The van der Waals surface area contributed by atoms with Gasteiger partial charge in [-0.15, -0.1) is 9.35 Å². The lowest BCUT2D eigenvalue weighted by atomic mass is 9.59. The Kier molecular flexibility index (Phi) is 6.61. The summed E-state index contributed by atoms with van der Waals surface area (Å²) in [6.45, 7) is 0. The molecular formula is C22H26F7NO5S. The van der Waals surface area contributed by atoms with Gasteiger partial charge in [-0.2, -0.15) is 8.42 Å². The van der Waals surface area contributed by atoms with Gasteiger partial charge >= 0.3 is 0 Å². The van der Waals surface area contributed by atoms with Gasteiger partial charge < -0.3 is 0 Å². The number of carbonyl (C=O) groups excluding carboxylic acids is 2. The van der Waals surface area contributed by atoms with E-state index in [1.165, 1.54) is 0 Å². The third kappa shape index (κ3) is 3.70. The molecule has 4 saturated carbocycles. The quantitative estimate of drug-likeness (QED) is 0.398. The lowest BCUT2D eigenvalue weighted by Crippen LogP contribution is -2.68. The molecule has 36 heavy (non-hydrogen) atoms. The number of halogens is 7. The summed E-state index contributed by atoms with van der Waals surface area (Å²) in [5.74, 6) is -9.11. The number of rotatable bonds is 3. The van der Waals surface area contributed by atoms with Gasteiger partial charge in [-0.25, -0.2) is 30.7 Å². The van der Waals surface area contributed by atoms with Crippen molar-refractivity contribution in [3.63, 3.8) is 0 Å². The van der Waals surface area contributed by atoms with Gasteiger partial charge in [0.2, 0.25) is 0 Å². The van der Waals surface area contributed by atoms with E-state index in [0.29, 0.717) is 25.7 Å². The second kappa shape index (κ2) is 9.09. The zero-order valence-electron chi connectivity index (χ0n) is 18.9. The van der Waals surface area contributed by atoms with Gasteiger partial charge in [0.15, 0.2) is 24.7 Å². The summed E-state index contributed by atoms with van der Waals surface area (Å²) in [4.78, 5) is 26.2. The number of alkyl halides is 7. The van der Waals surface area contributed by atoms with E-state index in [9.17, 15) is 48.7 Å². The van der Waals surface area contributed by atoms with Crippen molar-refractivity contribution in [3.05, 3.63) is 0 Å². The number of hydrogen-bond donors (Lipinski definition) is 0. The molecule has 14 heteroatoms. The van der Waals surface area contributed by atoms with Gasteiger partial charge in [0.25, 0.3) is 21.9 Å². The minimum absolute atomic E-state index is 0.0424. The van der Waals surface area contributed by atoms with E-state index in [-0.39, 0.29) is 16.9 Å². The summed E-state index contributed by atoms with van der Waals surface area (Å²) in [5, 5.41) is -3.06. The molecule has 0 spiro atoms. The average molecular weight is 550 g/mol.